The Morgan fingerprint density at radius 2 is 2.00 bits per heavy atom. The molecule has 3 rings (SSSR count). The maximum atomic E-state index is 5.91. The molecule has 7 heteroatoms. The maximum Gasteiger partial charge on any atom is 0.216 e. The van der Waals surface area contributed by atoms with Gasteiger partial charge in [-0.3, -0.25) is 5.10 Å². The predicted octanol–water partition coefficient (Wildman–Crippen LogP) is 3.84. The molecule has 0 amide bonds. The highest BCUT2D eigenvalue weighted by molar-refractivity contribution is 7.71. The maximum absolute atomic E-state index is 5.91. The summed E-state index contributed by atoms with van der Waals surface area (Å²) in [6.07, 6.45) is 4.05. The lowest BCUT2D eigenvalue weighted by Crippen LogP contribution is -2.04. The number of H-pyrrole nitrogens is 1. The first kappa shape index (κ1) is 17.9. The first-order valence-corrected chi connectivity index (χ1v) is 8.77. The highest BCUT2D eigenvalue weighted by Crippen LogP contribution is 2.28. The van der Waals surface area contributed by atoms with Crippen LogP contribution in [0.25, 0.3) is 0 Å². The van der Waals surface area contributed by atoms with Crippen LogP contribution in [0.1, 0.15) is 18.1 Å². The van der Waals surface area contributed by atoms with Crippen LogP contribution in [-0.2, 0) is 6.42 Å². The Bertz CT molecular complexity index is 919. The van der Waals surface area contributed by atoms with Crippen LogP contribution in [0, 0.1) is 4.77 Å². The molecule has 0 saturated carbocycles. The van der Waals surface area contributed by atoms with Crippen molar-refractivity contribution in [3.8, 4) is 11.5 Å². The number of nitrogens with one attached hydrogen (secondary N) is 1. The third-order valence-electron chi connectivity index (χ3n) is 3.63. The number of hydrogen-bond acceptors (Lipinski definition) is 5. The van der Waals surface area contributed by atoms with E-state index in [1.165, 1.54) is 16.6 Å². The van der Waals surface area contributed by atoms with Crippen LogP contribution in [0.5, 0.6) is 11.5 Å². The molecule has 0 aliphatic rings. The van der Waals surface area contributed by atoms with E-state index in [1.807, 2.05) is 43.3 Å². The zero-order valence-electron chi connectivity index (χ0n) is 14.5. The second-order valence-electron chi connectivity index (χ2n) is 5.47. The van der Waals surface area contributed by atoms with Crippen molar-refractivity contribution in [2.75, 3.05) is 13.2 Å². The number of ether oxygens (including phenoxy) is 2. The third-order valence-corrected chi connectivity index (χ3v) is 3.90. The highest BCUT2D eigenvalue weighted by Gasteiger charge is 2.06. The highest BCUT2D eigenvalue weighted by atomic mass is 32.1. The number of aromatic amines is 1. The van der Waals surface area contributed by atoms with Gasteiger partial charge in [-0.2, -0.15) is 14.9 Å². The van der Waals surface area contributed by atoms with Gasteiger partial charge in [-0.15, -0.1) is 0 Å². The minimum atomic E-state index is 0.437. The number of benzene rings is 2. The van der Waals surface area contributed by atoms with Crippen molar-refractivity contribution >= 4 is 18.4 Å². The van der Waals surface area contributed by atoms with Gasteiger partial charge >= 0.3 is 0 Å². The largest absolute Gasteiger partial charge is 0.490 e. The summed E-state index contributed by atoms with van der Waals surface area (Å²) in [7, 11) is 0. The molecule has 134 valence electrons. The van der Waals surface area contributed by atoms with Gasteiger partial charge in [0.25, 0.3) is 0 Å². The molecule has 0 spiro atoms. The molecule has 0 unspecified atom stereocenters. The van der Waals surface area contributed by atoms with Crippen LogP contribution in [-0.4, -0.2) is 34.3 Å². The van der Waals surface area contributed by atoms with Crippen LogP contribution >= 0.6 is 12.2 Å². The zero-order valence-corrected chi connectivity index (χ0v) is 15.3. The normalized spacial score (nSPS) is 11.0. The van der Waals surface area contributed by atoms with Crippen LogP contribution in [0.4, 0.5) is 0 Å². The molecule has 3 aromatic rings. The second kappa shape index (κ2) is 8.96. The molecule has 0 fully saturated rings. The van der Waals surface area contributed by atoms with Gasteiger partial charge in [0.1, 0.15) is 6.33 Å². The van der Waals surface area contributed by atoms with Crippen molar-refractivity contribution < 1.29 is 9.47 Å². The molecule has 6 nitrogen and oxygen atoms in total. The van der Waals surface area contributed by atoms with Gasteiger partial charge in [-0.1, -0.05) is 30.3 Å². The van der Waals surface area contributed by atoms with Crippen LogP contribution in [0.2, 0.25) is 0 Å². The third kappa shape index (κ3) is 4.80. The molecular formula is C19H20N4O2S. The van der Waals surface area contributed by atoms with Gasteiger partial charge in [0, 0.05) is 6.42 Å². The van der Waals surface area contributed by atoms with Crippen LogP contribution < -0.4 is 9.47 Å². The summed E-state index contributed by atoms with van der Waals surface area (Å²) in [5.41, 5.74) is 2.12. The fraction of sp³-hybridized carbons (Fsp3) is 0.211. The fourth-order valence-corrected chi connectivity index (χ4v) is 2.52. The lowest BCUT2D eigenvalue weighted by Gasteiger charge is -2.12. The molecule has 0 radical (unpaired) electrons. The quantitative estimate of drug-likeness (QED) is 0.485. The lowest BCUT2D eigenvalue weighted by atomic mass is 10.2. The van der Waals surface area contributed by atoms with Gasteiger partial charge in [-0.25, -0.2) is 0 Å². The van der Waals surface area contributed by atoms with Gasteiger partial charge in [0.05, 0.1) is 19.4 Å². The van der Waals surface area contributed by atoms with E-state index in [1.54, 1.807) is 6.21 Å². The molecule has 1 heterocycles. The molecule has 0 saturated heterocycles. The van der Waals surface area contributed by atoms with Crippen LogP contribution in [0.3, 0.4) is 0 Å². The summed E-state index contributed by atoms with van der Waals surface area (Å²) in [5, 5.41) is 10.7. The van der Waals surface area contributed by atoms with Crippen molar-refractivity contribution in [2.45, 2.75) is 13.3 Å². The van der Waals surface area contributed by atoms with E-state index in [4.69, 9.17) is 21.7 Å². The summed E-state index contributed by atoms with van der Waals surface area (Å²) in [6.45, 7) is 3.09. The van der Waals surface area contributed by atoms with Crippen molar-refractivity contribution in [1.82, 2.24) is 14.9 Å². The van der Waals surface area contributed by atoms with Gasteiger partial charge < -0.3 is 9.47 Å². The zero-order chi connectivity index (χ0) is 18.2. The average Bonchev–Trinajstić information content (AvgIpc) is 3.07. The summed E-state index contributed by atoms with van der Waals surface area (Å²) >= 11 is 5.06. The van der Waals surface area contributed by atoms with Crippen molar-refractivity contribution in [3.63, 3.8) is 0 Å². The number of hydrogen-bond donors (Lipinski definition) is 1. The van der Waals surface area contributed by atoms with E-state index < -0.39 is 0 Å². The Labute approximate surface area is 157 Å². The summed E-state index contributed by atoms with van der Waals surface area (Å²) in [6, 6.07) is 16.0. The molecule has 2 aromatic carbocycles. The molecule has 0 atom stereocenters. The molecule has 0 bridgehead atoms. The van der Waals surface area contributed by atoms with E-state index in [-0.39, 0.29) is 0 Å². The number of rotatable bonds is 8. The van der Waals surface area contributed by atoms with Gasteiger partial charge in [0.2, 0.25) is 4.77 Å². The average molecular weight is 368 g/mol. The topological polar surface area (TPSA) is 64.4 Å². The molecule has 1 N–H and O–H groups in total. The summed E-state index contributed by atoms with van der Waals surface area (Å²) < 4.78 is 13.5. The Balaban J connectivity index is 1.69. The molecule has 1 aromatic heterocycles. The Kier molecular flexibility index (Phi) is 6.16. The Morgan fingerprint density at radius 1 is 1.15 bits per heavy atom. The van der Waals surface area contributed by atoms with Crippen molar-refractivity contribution in [3.05, 3.63) is 70.8 Å². The van der Waals surface area contributed by atoms with E-state index in [0.717, 1.165) is 17.7 Å². The predicted molar refractivity (Wildman–Crippen MR) is 104 cm³/mol. The lowest BCUT2D eigenvalue weighted by molar-refractivity contribution is 0.279. The molecular weight excluding hydrogens is 348 g/mol. The summed E-state index contributed by atoms with van der Waals surface area (Å²) in [4.78, 5) is 0. The first-order valence-electron chi connectivity index (χ1n) is 8.36. The SMILES string of the molecule is CCOc1cc(/C=N/n2cn[nH]c2=S)ccc1OCCc1ccccc1. The molecule has 26 heavy (non-hydrogen) atoms. The van der Waals surface area contributed by atoms with E-state index in [0.29, 0.717) is 23.7 Å². The Hall–Kier alpha value is -2.93. The smallest absolute Gasteiger partial charge is 0.216 e. The van der Waals surface area contributed by atoms with Crippen LogP contribution in [0.15, 0.2) is 60.0 Å². The van der Waals surface area contributed by atoms with E-state index >= 15 is 0 Å². The number of aromatic nitrogens is 3. The first-order chi connectivity index (χ1) is 12.8. The molecule has 0 aliphatic carbocycles. The monoisotopic (exact) mass is 368 g/mol. The summed E-state index contributed by atoms with van der Waals surface area (Å²) in [5.74, 6) is 1.42. The number of nitrogens with zero attached hydrogens (tertiary/aromatic N) is 3. The van der Waals surface area contributed by atoms with Gasteiger partial charge in [-0.05, 0) is 48.5 Å². The fourth-order valence-electron chi connectivity index (χ4n) is 2.37. The minimum absolute atomic E-state index is 0.437. The van der Waals surface area contributed by atoms with E-state index in [2.05, 4.69) is 27.4 Å². The standard InChI is InChI=1S/C19H20N4O2S/c1-2-24-18-12-16(13-21-23-14-20-22-19(23)26)8-9-17(18)25-11-10-15-6-4-3-5-7-15/h3-9,12-14H,2,10-11H2,1H3,(H,22,26)/b21-13+. The Morgan fingerprint density at radius 3 is 2.73 bits per heavy atom. The minimum Gasteiger partial charge on any atom is -0.490 e. The van der Waals surface area contributed by atoms with Gasteiger partial charge in [0.15, 0.2) is 11.5 Å². The molecule has 0 aliphatic heterocycles. The van der Waals surface area contributed by atoms with Crippen molar-refractivity contribution in [2.24, 2.45) is 5.10 Å². The van der Waals surface area contributed by atoms with Crippen molar-refractivity contribution in [1.29, 1.82) is 0 Å². The van der Waals surface area contributed by atoms with E-state index in [9.17, 15) is 0 Å². The second-order valence-corrected chi connectivity index (χ2v) is 5.86.